The molecule has 25 heavy (non-hydrogen) atoms. The average molecular weight is 359 g/mol. The van der Waals surface area contributed by atoms with Crippen molar-refractivity contribution >= 4 is 17.2 Å². The van der Waals surface area contributed by atoms with Crippen LogP contribution in [0.25, 0.3) is 0 Å². The second-order valence-electron chi connectivity index (χ2n) is 7.29. The van der Waals surface area contributed by atoms with Crippen molar-refractivity contribution in [2.45, 2.75) is 45.7 Å². The largest absolute Gasteiger partial charge is 0.350 e. The van der Waals surface area contributed by atoms with Crippen molar-refractivity contribution < 1.29 is 4.79 Å². The van der Waals surface area contributed by atoms with Crippen LogP contribution < -0.4 is 5.32 Å². The molecule has 0 aromatic carbocycles. The van der Waals surface area contributed by atoms with E-state index in [0.29, 0.717) is 17.8 Å². The Hall–Kier alpha value is -1.73. The molecule has 0 atom stereocenters. The van der Waals surface area contributed by atoms with Gasteiger partial charge in [-0.3, -0.25) is 9.69 Å². The summed E-state index contributed by atoms with van der Waals surface area (Å²) in [6.45, 7) is 6.74. The lowest BCUT2D eigenvalue weighted by atomic mass is 9.73. The summed E-state index contributed by atoms with van der Waals surface area (Å²) < 4.78 is 2.07. The lowest BCUT2D eigenvalue weighted by molar-refractivity contribution is 0.0619. The van der Waals surface area contributed by atoms with E-state index in [0.717, 1.165) is 44.8 Å². The van der Waals surface area contributed by atoms with Crippen LogP contribution in [0, 0.1) is 5.41 Å². The highest BCUT2D eigenvalue weighted by molar-refractivity contribution is 7.07. The lowest BCUT2D eigenvalue weighted by Crippen LogP contribution is -2.44. The van der Waals surface area contributed by atoms with Crippen LogP contribution in [0.4, 0.5) is 0 Å². The fourth-order valence-corrected chi connectivity index (χ4v) is 4.78. The number of carbonyl (C=O) groups excluding carboxylic acids is 1. The Bertz CT molecular complexity index is 731. The Morgan fingerprint density at radius 2 is 2.16 bits per heavy atom. The third-order valence-corrected chi connectivity index (χ3v) is 6.38. The fraction of sp³-hybridized carbons (Fsp3) is 0.611. The van der Waals surface area contributed by atoms with Crippen molar-refractivity contribution in [2.75, 3.05) is 19.6 Å². The normalized spacial score (nSPS) is 19.7. The number of amides is 1. The first-order valence-electron chi connectivity index (χ1n) is 9.13. The van der Waals surface area contributed by atoms with Crippen molar-refractivity contribution in [3.8, 4) is 0 Å². The topological polar surface area (TPSA) is 63.1 Å². The summed E-state index contributed by atoms with van der Waals surface area (Å²) in [5, 5.41) is 15.6. The van der Waals surface area contributed by atoms with E-state index in [4.69, 9.17) is 0 Å². The summed E-state index contributed by atoms with van der Waals surface area (Å²) >= 11 is 1.77. The number of aryl methyl sites for hydroxylation is 1. The standard InChI is InChI=1S/C18H25N5OS/c1-2-19-17(24)16-21-20-15-3-5-18(13-23(15)16)6-8-22(9-7-18)11-14-4-10-25-12-14/h4,10,12H,2-3,5-9,11,13H2,1H3,(H,19,24). The molecule has 2 aromatic rings. The number of piperidine rings is 1. The minimum absolute atomic E-state index is 0.104. The lowest BCUT2D eigenvalue weighted by Gasteiger charge is -2.44. The maximum atomic E-state index is 12.2. The highest BCUT2D eigenvalue weighted by Crippen LogP contribution is 2.41. The smallest absolute Gasteiger partial charge is 0.289 e. The maximum Gasteiger partial charge on any atom is 0.289 e. The molecule has 4 rings (SSSR count). The van der Waals surface area contributed by atoms with E-state index in [2.05, 4.69) is 41.8 Å². The zero-order valence-electron chi connectivity index (χ0n) is 14.7. The predicted octanol–water partition coefficient (Wildman–Crippen LogP) is 2.32. The summed E-state index contributed by atoms with van der Waals surface area (Å²) in [7, 11) is 0. The van der Waals surface area contributed by atoms with E-state index in [1.54, 1.807) is 11.3 Å². The molecule has 0 unspecified atom stereocenters. The number of fused-ring (bicyclic) bond motifs is 1. The fourth-order valence-electron chi connectivity index (χ4n) is 4.12. The molecule has 1 fully saturated rings. The first-order valence-corrected chi connectivity index (χ1v) is 10.1. The summed E-state index contributed by atoms with van der Waals surface area (Å²) in [5.41, 5.74) is 1.71. The molecule has 134 valence electrons. The van der Waals surface area contributed by atoms with Gasteiger partial charge in [0, 0.05) is 26.1 Å². The first kappa shape index (κ1) is 16.7. The third-order valence-electron chi connectivity index (χ3n) is 5.64. The summed E-state index contributed by atoms with van der Waals surface area (Å²) in [6, 6.07) is 2.22. The van der Waals surface area contributed by atoms with Crippen LogP contribution in [0.2, 0.25) is 0 Å². The molecular formula is C18H25N5OS. The van der Waals surface area contributed by atoms with Gasteiger partial charge < -0.3 is 9.88 Å². The Morgan fingerprint density at radius 1 is 1.32 bits per heavy atom. The quantitative estimate of drug-likeness (QED) is 0.910. The molecule has 2 aliphatic heterocycles. The maximum absolute atomic E-state index is 12.2. The van der Waals surface area contributed by atoms with Gasteiger partial charge in [-0.2, -0.15) is 11.3 Å². The summed E-state index contributed by atoms with van der Waals surface area (Å²) in [4.78, 5) is 14.8. The van der Waals surface area contributed by atoms with Gasteiger partial charge in [-0.25, -0.2) is 0 Å². The Kier molecular flexibility index (Phi) is 4.60. The monoisotopic (exact) mass is 359 g/mol. The van der Waals surface area contributed by atoms with Crippen LogP contribution in [-0.2, 0) is 19.5 Å². The number of likely N-dealkylation sites (tertiary alicyclic amines) is 1. The number of thiophene rings is 1. The van der Waals surface area contributed by atoms with E-state index in [1.165, 1.54) is 18.4 Å². The van der Waals surface area contributed by atoms with E-state index < -0.39 is 0 Å². The van der Waals surface area contributed by atoms with Crippen LogP contribution in [0.3, 0.4) is 0 Å². The van der Waals surface area contributed by atoms with Crippen molar-refractivity contribution in [1.82, 2.24) is 25.0 Å². The first-order chi connectivity index (χ1) is 12.2. The van der Waals surface area contributed by atoms with Gasteiger partial charge in [0.05, 0.1) is 0 Å². The highest BCUT2D eigenvalue weighted by Gasteiger charge is 2.39. The molecular weight excluding hydrogens is 334 g/mol. The number of rotatable bonds is 4. The van der Waals surface area contributed by atoms with Crippen LogP contribution in [0.5, 0.6) is 0 Å². The van der Waals surface area contributed by atoms with Crippen LogP contribution >= 0.6 is 11.3 Å². The predicted molar refractivity (Wildman–Crippen MR) is 97.6 cm³/mol. The number of nitrogens with one attached hydrogen (secondary N) is 1. The highest BCUT2D eigenvalue weighted by atomic mass is 32.1. The number of carbonyl (C=O) groups is 1. The van der Waals surface area contributed by atoms with Crippen molar-refractivity contribution in [3.05, 3.63) is 34.0 Å². The average Bonchev–Trinajstić information content (AvgIpc) is 3.26. The molecule has 7 heteroatoms. The molecule has 0 aliphatic carbocycles. The zero-order chi connectivity index (χ0) is 17.3. The Balaban J connectivity index is 1.44. The SMILES string of the molecule is CCNC(=O)c1nnc2n1CC1(CC2)CCN(Cc2ccsc2)CC1. The molecule has 1 saturated heterocycles. The van der Waals surface area contributed by atoms with Crippen LogP contribution in [0.15, 0.2) is 16.8 Å². The van der Waals surface area contributed by atoms with E-state index in [9.17, 15) is 4.79 Å². The molecule has 0 saturated carbocycles. The Morgan fingerprint density at radius 3 is 2.88 bits per heavy atom. The number of aromatic nitrogens is 3. The zero-order valence-corrected chi connectivity index (χ0v) is 15.5. The van der Waals surface area contributed by atoms with Gasteiger partial charge in [0.2, 0.25) is 5.82 Å². The molecule has 0 bridgehead atoms. The molecule has 1 N–H and O–H groups in total. The van der Waals surface area contributed by atoms with Gasteiger partial charge in [0.15, 0.2) is 0 Å². The number of hydrogen-bond donors (Lipinski definition) is 1. The van der Waals surface area contributed by atoms with E-state index in [1.807, 2.05) is 6.92 Å². The summed E-state index contributed by atoms with van der Waals surface area (Å²) in [5.74, 6) is 1.34. The molecule has 2 aliphatic rings. The molecule has 2 aromatic heterocycles. The number of nitrogens with zero attached hydrogens (tertiary/aromatic N) is 4. The van der Waals surface area contributed by atoms with Gasteiger partial charge in [-0.15, -0.1) is 10.2 Å². The minimum atomic E-state index is -0.104. The number of hydrogen-bond acceptors (Lipinski definition) is 5. The molecule has 6 nitrogen and oxygen atoms in total. The van der Waals surface area contributed by atoms with Gasteiger partial charge in [-0.1, -0.05) is 0 Å². The molecule has 1 spiro atoms. The van der Waals surface area contributed by atoms with Crippen molar-refractivity contribution in [1.29, 1.82) is 0 Å². The molecule has 4 heterocycles. The van der Waals surface area contributed by atoms with Crippen LogP contribution in [-0.4, -0.2) is 45.2 Å². The van der Waals surface area contributed by atoms with Gasteiger partial charge in [-0.05, 0) is 67.1 Å². The van der Waals surface area contributed by atoms with Gasteiger partial charge >= 0.3 is 0 Å². The van der Waals surface area contributed by atoms with Crippen molar-refractivity contribution in [3.63, 3.8) is 0 Å². The second-order valence-corrected chi connectivity index (χ2v) is 8.07. The van der Waals surface area contributed by atoms with E-state index in [-0.39, 0.29) is 5.91 Å². The molecule has 1 amide bonds. The van der Waals surface area contributed by atoms with Gasteiger partial charge in [0.25, 0.3) is 5.91 Å². The third kappa shape index (κ3) is 3.35. The Labute approximate surface area is 152 Å². The summed E-state index contributed by atoms with van der Waals surface area (Å²) in [6.07, 6.45) is 4.46. The van der Waals surface area contributed by atoms with Gasteiger partial charge in [0.1, 0.15) is 5.82 Å². The minimum Gasteiger partial charge on any atom is -0.350 e. The van der Waals surface area contributed by atoms with Crippen LogP contribution in [0.1, 0.15) is 48.2 Å². The second kappa shape index (κ2) is 6.88. The van der Waals surface area contributed by atoms with E-state index >= 15 is 0 Å². The molecule has 0 radical (unpaired) electrons. The van der Waals surface area contributed by atoms with Crippen molar-refractivity contribution in [2.24, 2.45) is 5.41 Å².